The van der Waals surface area contributed by atoms with Crippen LogP contribution in [0, 0.1) is 5.92 Å². The molecule has 0 fully saturated rings. The Labute approximate surface area is 140 Å². The van der Waals surface area contributed by atoms with E-state index in [2.05, 4.69) is 6.92 Å². The van der Waals surface area contributed by atoms with Gasteiger partial charge in [0.2, 0.25) is 0 Å². The molecule has 0 aliphatic carbocycles. The predicted molar refractivity (Wildman–Crippen MR) is 91.8 cm³/mol. The van der Waals surface area contributed by atoms with Crippen LogP contribution in [0.1, 0.15) is 72.1 Å². The van der Waals surface area contributed by atoms with E-state index in [4.69, 9.17) is 39.5 Å². The lowest BCUT2D eigenvalue weighted by Gasteiger charge is -2.24. The molecule has 0 bridgehead atoms. The van der Waals surface area contributed by atoms with Crippen molar-refractivity contribution in [2.24, 2.45) is 5.92 Å². The zero-order chi connectivity index (χ0) is 15.4. The number of hydrogen-bond donors (Lipinski definition) is 0. The van der Waals surface area contributed by atoms with E-state index < -0.39 is 3.79 Å². The number of ether oxygens (including phenoxy) is 1. The summed E-state index contributed by atoms with van der Waals surface area (Å²) in [5.74, 6) is 0.0734. The van der Waals surface area contributed by atoms with Gasteiger partial charge in [0, 0.05) is 5.92 Å². The summed E-state index contributed by atoms with van der Waals surface area (Å²) in [4.78, 5) is 0. The van der Waals surface area contributed by atoms with Crippen LogP contribution in [-0.2, 0) is 4.74 Å². The van der Waals surface area contributed by atoms with Crippen LogP contribution in [0.3, 0.4) is 0 Å². The van der Waals surface area contributed by atoms with Crippen molar-refractivity contribution >= 4 is 34.8 Å². The first kappa shape index (κ1) is 20.4. The molecule has 0 amide bonds. The summed E-state index contributed by atoms with van der Waals surface area (Å²) in [6, 6.07) is 0. The minimum Gasteiger partial charge on any atom is -0.501 e. The molecule has 0 spiro atoms. The van der Waals surface area contributed by atoms with Crippen LogP contribution in [0.4, 0.5) is 0 Å². The maximum atomic E-state index is 6.06. The topological polar surface area (TPSA) is 9.23 Å². The van der Waals surface area contributed by atoms with Gasteiger partial charge in [-0.3, -0.25) is 0 Å². The van der Waals surface area contributed by atoms with Crippen LogP contribution < -0.4 is 0 Å². The average molecular weight is 344 g/mol. The number of unbranched alkanes of at least 4 members (excludes halogenated alkanes) is 5. The molecule has 4 heteroatoms. The van der Waals surface area contributed by atoms with Gasteiger partial charge in [-0.1, -0.05) is 80.3 Å². The van der Waals surface area contributed by atoms with Crippen LogP contribution in [-0.4, -0.2) is 10.4 Å². The van der Waals surface area contributed by atoms with Crippen LogP contribution >= 0.6 is 34.8 Å². The Hall–Kier alpha value is 0.410. The average Bonchev–Trinajstić information content (AvgIpc) is 2.34. The second kappa shape index (κ2) is 12.0. The van der Waals surface area contributed by atoms with Crippen molar-refractivity contribution in [1.29, 1.82) is 0 Å². The van der Waals surface area contributed by atoms with Gasteiger partial charge in [-0.05, 0) is 32.3 Å². The number of hydrogen-bond acceptors (Lipinski definition) is 1. The fourth-order valence-electron chi connectivity index (χ4n) is 2.08. The van der Waals surface area contributed by atoms with Crippen molar-refractivity contribution in [2.75, 3.05) is 6.61 Å². The normalized spacial score (nSPS) is 13.1. The fourth-order valence-corrected chi connectivity index (χ4v) is 2.73. The van der Waals surface area contributed by atoms with Crippen molar-refractivity contribution < 1.29 is 4.74 Å². The minimum atomic E-state index is -1.18. The Morgan fingerprint density at radius 1 is 1.00 bits per heavy atom. The molecule has 0 N–H and O–H groups in total. The lowest BCUT2D eigenvalue weighted by atomic mass is 9.98. The Balaban J connectivity index is 3.89. The van der Waals surface area contributed by atoms with Gasteiger partial charge in [0.05, 0.1) is 12.9 Å². The van der Waals surface area contributed by atoms with Crippen molar-refractivity contribution in [3.8, 4) is 0 Å². The lowest BCUT2D eigenvalue weighted by molar-refractivity contribution is 0.215. The second-order valence-electron chi connectivity index (χ2n) is 5.65. The first-order valence-corrected chi connectivity index (χ1v) is 8.83. The van der Waals surface area contributed by atoms with Crippen molar-refractivity contribution in [2.45, 2.75) is 75.9 Å². The molecule has 0 saturated heterocycles. The Bertz CT molecular complexity index is 255. The second-order valence-corrected chi connectivity index (χ2v) is 8.02. The summed E-state index contributed by atoms with van der Waals surface area (Å²) in [5, 5.41) is 0. The van der Waals surface area contributed by atoms with E-state index in [1.165, 1.54) is 32.1 Å². The number of halogens is 3. The van der Waals surface area contributed by atoms with Gasteiger partial charge in [-0.25, -0.2) is 0 Å². The third kappa shape index (κ3) is 12.2. The smallest absolute Gasteiger partial charge is 0.193 e. The molecular weight excluding hydrogens is 315 g/mol. The van der Waals surface area contributed by atoms with E-state index in [0.29, 0.717) is 6.61 Å². The van der Waals surface area contributed by atoms with Gasteiger partial charge >= 0.3 is 0 Å². The molecule has 1 unspecified atom stereocenters. The SMILES string of the molecule is CCCCCCCCC(CCOC=C(C)C)C(Cl)(Cl)Cl. The number of allylic oxidation sites excluding steroid dienone is 1. The molecule has 0 aliphatic heterocycles. The van der Waals surface area contributed by atoms with Gasteiger partial charge in [0.25, 0.3) is 0 Å². The highest BCUT2D eigenvalue weighted by atomic mass is 35.6. The van der Waals surface area contributed by atoms with Crippen molar-refractivity contribution in [3.63, 3.8) is 0 Å². The standard InChI is InChI=1S/C16H29Cl3O/c1-4-5-6-7-8-9-10-15(16(17,18)19)11-12-20-13-14(2)3/h13,15H,4-12H2,1-3H3. The van der Waals surface area contributed by atoms with E-state index in [-0.39, 0.29) is 5.92 Å². The molecule has 0 heterocycles. The maximum Gasteiger partial charge on any atom is 0.193 e. The largest absolute Gasteiger partial charge is 0.501 e. The molecule has 0 aromatic carbocycles. The summed E-state index contributed by atoms with van der Waals surface area (Å²) < 4.78 is 4.26. The summed E-state index contributed by atoms with van der Waals surface area (Å²) in [6.07, 6.45) is 11.1. The highest BCUT2D eigenvalue weighted by Gasteiger charge is 2.31. The van der Waals surface area contributed by atoms with Crippen LogP contribution in [0.5, 0.6) is 0 Å². The third-order valence-corrected chi connectivity index (χ3v) is 4.20. The molecule has 120 valence electrons. The van der Waals surface area contributed by atoms with E-state index >= 15 is 0 Å². The number of rotatable bonds is 11. The van der Waals surface area contributed by atoms with Crippen molar-refractivity contribution in [1.82, 2.24) is 0 Å². The monoisotopic (exact) mass is 342 g/mol. The first-order valence-electron chi connectivity index (χ1n) is 7.69. The molecule has 0 aliphatic rings. The van der Waals surface area contributed by atoms with Crippen LogP contribution in [0.15, 0.2) is 11.8 Å². The van der Waals surface area contributed by atoms with Crippen molar-refractivity contribution in [3.05, 3.63) is 11.8 Å². The predicted octanol–water partition coefficient (Wildman–Crippen LogP) is 7.05. The van der Waals surface area contributed by atoms with E-state index in [1.54, 1.807) is 6.26 Å². The summed E-state index contributed by atoms with van der Waals surface area (Å²) in [6.45, 7) is 6.84. The van der Waals surface area contributed by atoms with Crippen LogP contribution in [0.2, 0.25) is 0 Å². The van der Waals surface area contributed by atoms with Gasteiger partial charge < -0.3 is 4.74 Å². The molecule has 1 atom stereocenters. The molecule has 0 radical (unpaired) electrons. The zero-order valence-electron chi connectivity index (χ0n) is 13.1. The van der Waals surface area contributed by atoms with Gasteiger partial charge in [-0.2, -0.15) is 0 Å². The van der Waals surface area contributed by atoms with E-state index in [9.17, 15) is 0 Å². The van der Waals surface area contributed by atoms with Gasteiger partial charge in [0.15, 0.2) is 3.79 Å². The first-order chi connectivity index (χ1) is 9.38. The Morgan fingerprint density at radius 2 is 1.60 bits per heavy atom. The summed E-state index contributed by atoms with van der Waals surface area (Å²) in [5.41, 5.74) is 1.14. The third-order valence-electron chi connectivity index (χ3n) is 3.27. The quantitative estimate of drug-likeness (QED) is 0.222. The summed E-state index contributed by atoms with van der Waals surface area (Å²) in [7, 11) is 0. The summed E-state index contributed by atoms with van der Waals surface area (Å²) >= 11 is 18.2. The highest BCUT2D eigenvalue weighted by Crippen LogP contribution is 2.40. The molecular formula is C16H29Cl3O. The van der Waals surface area contributed by atoms with Gasteiger partial charge in [0.1, 0.15) is 0 Å². The molecule has 20 heavy (non-hydrogen) atoms. The highest BCUT2D eigenvalue weighted by molar-refractivity contribution is 6.67. The molecule has 0 rings (SSSR count). The minimum absolute atomic E-state index is 0.0734. The zero-order valence-corrected chi connectivity index (χ0v) is 15.3. The van der Waals surface area contributed by atoms with E-state index in [0.717, 1.165) is 24.8 Å². The molecule has 0 aromatic heterocycles. The lowest BCUT2D eigenvalue weighted by Crippen LogP contribution is -2.20. The molecule has 1 nitrogen and oxygen atoms in total. The number of alkyl halides is 3. The molecule has 0 saturated carbocycles. The van der Waals surface area contributed by atoms with Gasteiger partial charge in [-0.15, -0.1) is 0 Å². The Morgan fingerprint density at radius 3 is 2.15 bits per heavy atom. The van der Waals surface area contributed by atoms with Crippen LogP contribution in [0.25, 0.3) is 0 Å². The Kier molecular flexibility index (Phi) is 12.3. The maximum absolute atomic E-state index is 6.06. The molecule has 0 aromatic rings. The fraction of sp³-hybridized carbons (Fsp3) is 0.875. The van der Waals surface area contributed by atoms with E-state index in [1.807, 2.05) is 13.8 Å².